The third kappa shape index (κ3) is 3.89. The minimum absolute atomic E-state index is 0.0270. The molecule has 100 valence electrons. The summed E-state index contributed by atoms with van der Waals surface area (Å²) in [7, 11) is 0. The average Bonchev–Trinajstić information content (AvgIpc) is 2.77. The van der Waals surface area contributed by atoms with Gasteiger partial charge in [-0.2, -0.15) is 4.98 Å². The van der Waals surface area contributed by atoms with Gasteiger partial charge in [0.25, 0.3) is 0 Å². The van der Waals surface area contributed by atoms with Gasteiger partial charge < -0.3 is 14.9 Å². The summed E-state index contributed by atoms with van der Waals surface area (Å²) in [5.74, 6) is 0.289. The first kappa shape index (κ1) is 13.2. The Bertz CT molecular complexity index is 566. The maximum absolute atomic E-state index is 10.8. The molecule has 6 heteroatoms. The number of nitrogens with zero attached hydrogens (tertiary/aromatic N) is 2. The van der Waals surface area contributed by atoms with Gasteiger partial charge in [-0.1, -0.05) is 29.4 Å². The fraction of sp³-hybridized carbons (Fsp3) is 0.308. The van der Waals surface area contributed by atoms with E-state index in [0.717, 1.165) is 11.1 Å². The van der Waals surface area contributed by atoms with E-state index >= 15 is 0 Å². The molecule has 0 fully saturated rings. The van der Waals surface area contributed by atoms with Crippen LogP contribution >= 0.6 is 0 Å². The van der Waals surface area contributed by atoms with E-state index in [2.05, 4.69) is 15.5 Å². The molecule has 2 rings (SSSR count). The second-order valence-corrected chi connectivity index (χ2v) is 4.17. The molecule has 2 aromatic rings. The molecule has 0 spiro atoms. The van der Waals surface area contributed by atoms with E-state index in [1.165, 1.54) is 0 Å². The van der Waals surface area contributed by atoms with Crippen LogP contribution in [0.3, 0.4) is 0 Å². The van der Waals surface area contributed by atoms with Crippen LogP contribution in [-0.4, -0.2) is 21.2 Å². The van der Waals surface area contributed by atoms with Crippen LogP contribution in [0.25, 0.3) is 0 Å². The van der Waals surface area contributed by atoms with E-state index in [9.17, 15) is 4.79 Å². The summed E-state index contributed by atoms with van der Waals surface area (Å²) in [4.78, 5) is 14.8. The van der Waals surface area contributed by atoms with Gasteiger partial charge >= 0.3 is 5.97 Å². The predicted octanol–water partition coefficient (Wildman–Crippen LogP) is 1.29. The molecule has 1 aromatic heterocycles. The van der Waals surface area contributed by atoms with Gasteiger partial charge in [-0.25, -0.2) is 0 Å². The molecule has 19 heavy (non-hydrogen) atoms. The number of rotatable bonds is 6. The highest BCUT2D eigenvalue weighted by atomic mass is 16.5. The molecule has 0 bridgehead atoms. The molecule has 0 unspecified atom stereocenters. The summed E-state index contributed by atoms with van der Waals surface area (Å²) >= 11 is 0. The van der Waals surface area contributed by atoms with Crippen LogP contribution in [-0.2, 0) is 24.3 Å². The van der Waals surface area contributed by atoms with Crippen molar-refractivity contribution in [2.45, 2.75) is 26.4 Å². The second-order valence-electron chi connectivity index (χ2n) is 4.17. The Morgan fingerprint density at radius 3 is 2.68 bits per heavy atom. The summed E-state index contributed by atoms with van der Waals surface area (Å²) in [5.41, 5.74) is 1.77. The standard InChI is InChI=1S/C13H15N3O3/c1-9-15-12(16-19-9)8-14-7-11-5-3-2-4-10(11)6-13(17)18/h2-5,14H,6-8H2,1H3,(H,17,18). The van der Waals surface area contributed by atoms with Crippen LogP contribution in [0.5, 0.6) is 0 Å². The first-order valence-corrected chi connectivity index (χ1v) is 5.93. The normalized spacial score (nSPS) is 10.6. The van der Waals surface area contributed by atoms with Crippen LogP contribution in [0.15, 0.2) is 28.8 Å². The molecule has 0 radical (unpaired) electrons. The maximum atomic E-state index is 10.8. The third-order valence-electron chi connectivity index (χ3n) is 2.63. The van der Waals surface area contributed by atoms with Crippen molar-refractivity contribution in [3.8, 4) is 0 Å². The number of hydrogen-bond acceptors (Lipinski definition) is 5. The molecule has 1 heterocycles. The molecule has 0 aliphatic carbocycles. The van der Waals surface area contributed by atoms with E-state index in [4.69, 9.17) is 9.63 Å². The lowest BCUT2D eigenvalue weighted by atomic mass is 10.0. The van der Waals surface area contributed by atoms with E-state index < -0.39 is 5.97 Å². The molecule has 2 N–H and O–H groups in total. The topological polar surface area (TPSA) is 88.2 Å². The molecule has 1 aromatic carbocycles. The van der Waals surface area contributed by atoms with Gasteiger partial charge in [-0.05, 0) is 11.1 Å². The highest BCUT2D eigenvalue weighted by molar-refractivity contribution is 5.70. The van der Waals surface area contributed by atoms with Crippen molar-refractivity contribution in [1.82, 2.24) is 15.5 Å². The molecule has 0 atom stereocenters. The van der Waals surface area contributed by atoms with Crippen LogP contribution in [0.4, 0.5) is 0 Å². The summed E-state index contributed by atoms with van der Waals surface area (Å²) in [5, 5.41) is 15.8. The highest BCUT2D eigenvalue weighted by Gasteiger charge is 2.07. The Morgan fingerprint density at radius 2 is 2.05 bits per heavy atom. The van der Waals surface area contributed by atoms with Gasteiger partial charge in [0, 0.05) is 13.5 Å². The Morgan fingerprint density at radius 1 is 1.32 bits per heavy atom. The number of aliphatic carboxylic acids is 1. The van der Waals surface area contributed by atoms with Gasteiger partial charge in [0.15, 0.2) is 5.82 Å². The van der Waals surface area contributed by atoms with E-state index in [1.807, 2.05) is 24.3 Å². The Balaban J connectivity index is 1.93. The van der Waals surface area contributed by atoms with Crippen molar-refractivity contribution in [3.63, 3.8) is 0 Å². The molecule has 0 amide bonds. The van der Waals surface area contributed by atoms with Crippen LogP contribution in [0.2, 0.25) is 0 Å². The average molecular weight is 261 g/mol. The first-order chi connectivity index (χ1) is 9.15. The van der Waals surface area contributed by atoms with Crippen molar-refractivity contribution in [1.29, 1.82) is 0 Å². The zero-order valence-corrected chi connectivity index (χ0v) is 10.6. The number of aromatic nitrogens is 2. The van der Waals surface area contributed by atoms with Gasteiger partial charge in [-0.3, -0.25) is 4.79 Å². The fourth-order valence-corrected chi connectivity index (χ4v) is 1.79. The molecule has 0 aliphatic rings. The van der Waals surface area contributed by atoms with Crippen molar-refractivity contribution < 1.29 is 14.4 Å². The van der Waals surface area contributed by atoms with Crippen molar-refractivity contribution in [2.24, 2.45) is 0 Å². The number of carbonyl (C=O) groups is 1. The molecule has 0 aliphatic heterocycles. The molecular formula is C13H15N3O3. The SMILES string of the molecule is Cc1nc(CNCc2ccccc2CC(=O)O)no1. The quantitative estimate of drug-likeness (QED) is 0.814. The largest absolute Gasteiger partial charge is 0.481 e. The van der Waals surface area contributed by atoms with Gasteiger partial charge in [0.05, 0.1) is 13.0 Å². The summed E-state index contributed by atoms with van der Waals surface area (Å²) < 4.78 is 4.86. The maximum Gasteiger partial charge on any atom is 0.307 e. The number of aryl methyl sites for hydroxylation is 1. The number of hydrogen-bond donors (Lipinski definition) is 2. The summed E-state index contributed by atoms with van der Waals surface area (Å²) in [6.45, 7) is 2.79. The lowest BCUT2D eigenvalue weighted by molar-refractivity contribution is -0.136. The molecule has 6 nitrogen and oxygen atoms in total. The zero-order chi connectivity index (χ0) is 13.7. The van der Waals surface area contributed by atoms with Gasteiger partial charge in [0.1, 0.15) is 0 Å². The van der Waals surface area contributed by atoms with Gasteiger partial charge in [-0.15, -0.1) is 0 Å². The van der Waals surface area contributed by atoms with Crippen molar-refractivity contribution in [2.75, 3.05) is 0 Å². The van der Waals surface area contributed by atoms with Crippen LogP contribution in [0.1, 0.15) is 22.8 Å². The zero-order valence-electron chi connectivity index (χ0n) is 10.6. The minimum Gasteiger partial charge on any atom is -0.481 e. The van der Waals surface area contributed by atoms with Crippen LogP contribution in [0, 0.1) is 6.92 Å². The van der Waals surface area contributed by atoms with Crippen LogP contribution < -0.4 is 5.32 Å². The monoisotopic (exact) mass is 261 g/mol. The fourth-order valence-electron chi connectivity index (χ4n) is 1.79. The van der Waals surface area contributed by atoms with E-state index in [0.29, 0.717) is 24.8 Å². The summed E-state index contributed by atoms with van der Waals surface area (Å²) in [6.07, 6.45) is 0.0270. The minimum atomic E-state index is -0.832. The second kappa shape index (κ2) is 6.10. The van der Waals surface area contributed by atoms with Crippen molar-refractivity contribution in [3.05, 3.63) is 47.1 Å². The highest BCUT2D eigenvalue weighted by Crippen LogP contribution is 2.09. The predicted molar refractivity (Wildman–Crippen MR) is 67.4 cm³/mol. The molecule has 0 saturated heterocycles. The summed E-state index contributed by atoms with van der Waals surface area (Å²) in [6, 6.07) is 7.46. The molecular weight excluding hydrogens is 246 g/mol. The lowest BCUT2D eigenvalue weighted by Crippen LogP contribution is -2.15. The number of carboxylic acid groups (broad SMARTS) is 1. The number of benzene rings is 1. The lowest BCUT2D eigenvalue weighted by Gasteiger charge is -2.07. The Labute approximate surface area is 110 Å². The first-order valence-electron chi connectivity index (χ1n) is 5.93. The number of nitrogens with one attached hydrogen (secondary N) is 1. The van der Waals surface area contributed by atoms with Crippen molar-refractivity contribution >= 4 is 5.97 Å². The Hall–Kier alpha value is -2.21. The Kier molecular flexibility index (Phi) is 4.25. The van der Waals surface area contributed by atoms with E-state index in [1.54, 1.807) is 6.92 Å². The van der Waals surface area contributed by atoms with Gasteiger partial charge in [0.2, 0.25) is 5.89 Å². The molecule has 0 saturated carbocycles. The smallest absolute Gasteiger partial charge is 0.307 e. The third-order valence-corrected chi connectivity index (χ3v) is 2.63. The number of carboxylic acids is 1. The van der Waals surface area contributed by atoms with E-state index in [-0.39, 0.29) is 6.42 Å².